The highest BCUT2D eigenvalue weighted by Crippen LogP contribution is 2.06. The molecule has 0 aromatic rings. The Kier molecular flexibility index (Phi) is 17.3. The van der Waals surface area contributed by atoms with E-state index in [1.165, 1.54) is 25.7 Å². The van der Waals surface area contributed by atoms with Crippen molar-refractivity contribution in [1.29, 1.82) is 0 Å². The molecule has 0 radical (unpaired) electrons. The SMILES string of the molecule is CCCCC/C=C\C/C=C\CCSCC=C=CCCC(C)C(=O)O. The third-order valence-electron chi connectivity index (χ3n) is 3.61. The van der Waals surface area contributed by atoms with Crippen LogP contribution in [0.4, 0.5) is 0 Å². The molecule has 0 saturated carbocycles. The van der Waals surface area contributed by atoms with E-state index < -0.39 is 5.97 Å². The van der Waals surface area contributed by atoms with Gasteiger partial charge in [-0.05, 0) is 56.4 Å². The van der Waals surface area contributed by atoms with E-state index in [2.05, 4.69) is 37.0 Å². The zero-order valence-corrected chi connectivity index (χ0v) is 16.2. The highest BCUT2D eigenvalue weighted by Gasteiger charge is 2.08. The average molecular weight is 351 g/mol. The molecule has 0 fully saturated rings. The molecule has 0 aliphatic carbocycles. The number of hydrogen-bond donors (Lipinski definition) is 1. The van der Waals surface area contributed by atoms with Crippen molar-refractivity contribution in [3.8, 4) is 0 Å². The van der Waals surface area contributed by atoms with Gasteiger partial charge in [-0.3, -0.25) is 4.79 Å². The molecule has 0 amide bonds. The molecule has 1 unspecified atom stereocenters. The van der Waals surface area contributed by atoms with Crippen LogP contribution in [0.15, 0.2) is 42.2 Å². The number of unbranched alkanes of at least 4 members (excludes halogenated alkanes) is 3. The van der Waals surface area contributed by atoms with Gasteiger partial charge in [0.05, 0.1) is 5.92 Å². The molecule has 0 aliphatic rings. The molecular formula is C21H34O2S. The lowest BCUT2D eigenvalue weighted by Gasteiger charge is -2.00. The quantitative estimate of drug-likeness (QED) is 0.211. The summed E-state index contributed by atoms with van der Waals surface area (Å²) in [6.45, 7) is 3.98. The number of hydrogen-bond acceptors (Lipinski definition) is 2. The van der Waals surface area contributed by atoms with Crippen LogP contribution in [0.1, 0.15) is 65.2 Å². The van der Waals surface area contributed by atoms with Crippen LogP contribution in [0.3, 0.4) is 0 Å². The molecule has 1 atom stereocenters. The van der Waals surface area contributed by atoms with Crippen molar-refractivity contribution in [2.24, 2.45) is 5.92 Å². The lowest BCUT2D eigenvalue weighted by Crippen LogP contribution is -2.08. The van der Waals surface area contributed by atoms with E-state index in [4.69, 9.17) is 5.11 Å². The zero-order chi connectivity index (χ0) is 17.9. The van der Waals surface area contributed by atoms with E-state index in [0.717, 1.165) is 30.8 Å². The van der Waals surface area contributed by atoms with Crippen molar-refractivity contribution in [2.75, 3.05) is 11.5 Å². The van der Waals surface area contributed by atoms with Gasteiger partial charge >= 0.3 is 5.97 Å². The van der Waals surface area contributed by atoms with Crippen LogP contribution in [0.2, 0.25) is 0 Å². The third-order valence-corrected chi connectivity index (χ3v) is 4.54. The van der Waals surface area contributed by atoms with E-state index in [9.17, 15) is 4.79 Å². The molecule has 0 bridgehead atoms. The number of carboxylic acid groups (broad SMARTS) is 1. The molecule has 0 aliphatic heterocycles. The Morgan fingerprint density at radius 3 is 2.54 bits per heavy atom. The van der Waals surface area contributed by atoms with Gasteiger partial charge in [-0.15, -0.1) is 5.73 Å². The van der Waals surface area contributed by atoms with E-state index in [-0.39, 0.29) is 5.92 Å². The van der Waals surface area contributed by atoms with Crippen molar-refractivity contribution >= 4 is 17.7 Å². The smallest absolute Gasteiger partial charge is 0.306 e. The molecule has 0 saturated heterocycles. The predicted octanol–water partition coefficient (Wildman–Crippen LogP) is 6.40. The molecule has 0 heterocycles. The summed E-state index contributed by atoms with van der Waals surface area (Å²) >= 11 is 1.90. The molecule has 2 nitrogen and oxygen atoms in total. The lowest BCUT2D eigenvalue weighted by molar-refractivity contribution is -0.141. The van der Waals surface area contributed by atoms with E-state index >= 15 is 0 Å². The van der Waals surface area contributed by atoms with Crippen LogP contribution >= 0.6 is 11.8 Å². The molecule has 0 spiro atoms. The van der Waals surface area contributed by atoms with Crippen LogP contribution in [-0.2, 0) is 4.79 Å². The summed E-state index contributed by atoms with van der Waals surface area (Å²) in [5.74, 6) is 1.11. The summed E-state index contributed by atoms with van der Waals surface area (Å²) in [6, 6.07) is 0. The van der Waals surface area contributed by atoms with Crippen LogP contribution in [-0.4, -0.2) is 22.6 Å². The van der Waals surface area contributed by atoms with Gasteiger partial charge in [-0.25, -0.2) is 0 Å². The molecule has 0 rings (SSSR count). The highest BCUT2D eigenvalue weighted by atomic mass is 32.2. The lowest BCUT2D eigenvalue weighted by atomic mass is 10.1. The van der Waals surface area contributed by atoms with Gasteiger partial charge in [-0.1, -0.05) is 51.0 Å². The fourth-order valence-corrected chi connectivity index (χ4v) is 2.67. The fraction of sp³-hybridized carbons (Fsp3) is 0.619. The minimum absolute atomic E-state index is 0.268. The van der Waals surface area contributed by atoms with Gasteiger partial charge in [-0.2, -0.15) is 11.8 Å². The Balaban J connectivity index is 3.44. The Morgan fingerprint density at radius 1 is 1.08 bits per heavy atom. The Bertz CT molecular complexity index is 418. The molecular weight excluding hydrogens is 316 g/mol. The largest absolute Gasteiger partial charge is 0.481 e. The van der Waals surface area contributed by atoms with E-state index in [0.29, 0.717) is 6.42 Å². The second-order valence-corrected chi connectivity index (χ2v) is 7.08. The average Bonchev–Trinajstić information content (AvgIpc) is 2.57. The minimum Gasteiger partial charge on any atom is -0.481 e. The maximum atomic E-state index is 10.6. The summed E-state index contributed by atoms with van der Waals surface area (Å²) in [5.41, 5.74) is 3.13. The Morgan fingerprint density at radius 2 is 1.83 bits per heavy atom. The number of aliphatic carboxylic acids is 1. The van der Waals surface area contributed by atoms with Crippen molar-refractivity contribution in [3.05, 3.63) is 42.2 Å². The summed E-state index contributed by atoms with van der Waals surface area (Å²) in [6.07, 6.45) is 21.8. The van der Waals surface area contributed by atoms with Crippen molar-refractivity contribution in [3.63, 3.8) is 0 Å². The minimum atomic E-state index is -0.719. The first-order valence-corrected chi connectivity index (χ1v) is 10.3. The van der Waals surface area contributed by atoms with E-state index in [1.807, 2.05) is 23.9 Å². The summed E-state index contributed by atoms with van der Waals surface area (Å²) in [4.78, 5) is 10.6. The highest BCUT2D eigenvalue weighted by molar-refractivity contribution is 7.99. The zero-order valence-electron chi connectivity index (χ0n) is 15.4. The Hall–Kier alpha value is -1.18. The number of thioether (sulfide) groups is 1. The first-order valence-electron chi connectivity index (χ1n) is 9.18. The first kappa shape index (κ1) is 22.8. The van der Waals surface area contributed by atoms with Gasteiger partial charge in [0, 0.05) is 5.75 Å². The summed E-state index contributed by atoms with van der Waals surface area (Å²) in [7, 11) is 0. The molecule has 136 valence electrons. The van der Waals surface area contributed by atoms with Crippen LogP contribution < -0.4 is 0 Å². The third kappa shape index (κ3) is 17.2. The number of carbonyl (C=O) groups is 1. The molecule has 0 aromatic heterocycles. The van der Waals surface area contributed by atoms with Crippen LogP contribution in [0.5, 0.6) is 0 Å². The second-order valence-electron chi connectivity index (χ2n) is 5.93. The summed E-state index contributed by atoms with van der Waals surface area (Å²) < 4.78 is 0. The van der Waals surface area contributed by atoms with Gasteiger partial charge in [0.25, 0.3) is 0 Å². The van der Waals surface area contributed by atoms with Gasteiger partial charge < -0.3 is 5.11 Å². The predicted molar refractivity (Wildman–Crippen MR) is 108 cm³/mol. The molecule has 3 heteroatoms. The van der Waals surface area contributed by atoms with Gasteiger partial charge in [0.15, 0.2) is 0 Å². The van der Waals surface area contributed by atoms with Gasteiger partial charge in [0.2, 0.25) is 0 Å². The van der Waals surface area contributed by atoms with Crippen molar-refractivity contribution in [2.45, 2.75) is 65.2 Å². The van der Waals surface area contributed by atoms with E-state index in [1.54, 1.807) is 6.92 Å². The second kappa shape index (κ2) is 18.2. The maximum Gasteiger partial charge on any atom is 0.306 e. The van der Waals surface area contributed by atoms with Crippen LogP contribution in [0, 0.1) is 5.92 Å². The number of allylic oxidation sites excluding steroid dienone is 4. The normalized spacial score (nSPS) is 12.4. The number of carboxylic acids is 1. The fourth-order valence-electron chi connectivity index (χ4n) is 1.98. The number of rotatable bonds is 15. The Labute approximate surface area is 152 Å². The van der Waals surface area contributed by atoms with Crippen molar-refractivity contribution < 1.29 is 9.90 Å². The summed E-state index contributed by atoms with van der Waals surface area (Å²) in [5, 5.41) is 8.76. The monoisotopic (exact) mass is 350 g/mol. The molecule has 0 aromatic carbocycles. The molecule has 1 N–H and O–H groups in total. The van der Waals surface area contributed by atoms with Gasteiger partial charge in [0.1, 0.15) is 0 Å². The molecule has 24 heavy (non-hydrogen) atoms. The first-order chi connectivity index (χ1) is 11.7. The maximum absolute atomic E-state index is 10.6. The topological polar surface area (TPSA) is 37.3 Å². The van der Waals surface area contributed by atoms with Crippen LogP contribution in [0.25, 0.3) is 0 Å². The van der Waals surface area contributed by atoms with Crippen molar-refractivity contribution in [1.82, 2.24) is 0 Å². The standard InChI is InChI=1S/C21H34O2S/c1-3-4-5-6-7-8-9-10-12-15-18-24-19-16-13-11-14-17-20(2)21(22)23/h7-8,10-12,16,20H,3-6,9,14-15,17-19H2,1-2H3,(H,22,23)/b8-7-,12-10-.